The van der Waals surface area contributed by atoms with Crippen molar-refractivity contribution in [1.82, 2.24) is 0 Å². The molecule has 0 saturated carbocycles. The van der Waals surface area contributed by atoms with Crippen LogP contribution >= 0.6 is 11.6 Å². The van der Waals surface area contributed by atoms with Crippen molar-refractivity contribution in [1.29, 1.82) is 0 Å². The molecule has 20 heavy (non-hydrogen) atoms. The van der Waals surface area contributed by atoms with E-state index in [1.807, 2.05) is 42.5 Å². The van der Waals surface area contributed by atoms with E-state index in [-0.39, 0.29) is 11.8 Å². The molecule has 1 unspecified atom stereocenters. The van der Waals surface area contributed by atoms with Crippen molar-refractivity contribution in [3.05, 3.63) is 59.1 Å². The SMILES string of the molecule is O=C(Nc1ccccc1)C1COc2ccc(Cl)cc2C1. The van der Waals surface area contributed by atoms with E-state index in [0.717, 1.165) is 17.0 Å². The van der Waals surface area contributed by atoms with Gasteiger partial charge in [-0.05, 0) is 42.3 Å². The van der Waals surface area contributed by atoms with E-state index in [0.29, 0.717) is 18.1 Å². The van der Waals surface area contributed by atoms with Gasteiger partial charge in [-0.15, -0.1) is 0 Å². The Kier molecular flexibility index (Phi) is 3.61. The minimum atomic E-state index is -0.193. The van der Waals surface area contributed by atoms with Gasteiger partial charge in [-0.2, -0.15) is 0 Å². The summed E-state index contributed by atoms with van der Waals surface area (Å²) in [5.74, 6) is 0.598. The van der Waals surface area contributed by atoms with Gasteiger partial charge in [0.15, 0.2) is 0 Å². The summed E-state index contributed by atoms with van der Waals surface area (Å²) in [6, 6.07) is 14.9. The van der Waals surface area contributed by atoms with Gasteiger partial charge in [-0.3, -0.25) is 4.79 Å². The van der Waals surface area contributed by atoms with Crippen LogP contribution in [0.4, 0.5) is 5.69 Å². The van der Waals surface area contributed by atoms with Crippen molar-refractivity contribution in [2.75, 3.05) is 11.9 Å². The fourth-order valence-corrected chi connectivity index (χ4v) is 2.49. The molecule has 0 saturated heterocycles. The van der Waals surface area contributed by atoms with Crippen LogP contribution in [-0.4, -0.2) is 12.5 Å². The van der Waals surface area contributed by atoms with E-state index in [9.17, 15) is 4.79 Å². The summed E-state index contributed by atoms with van der Waals surface area (Å²) in [7, 11) is 0. The van der Waals surface area contributed by atoms with Crippen LogP contribution in [0.15, 0.2) is 48.5 Å². The molecule has 0 bridgehead atoms. The summed E-state index contributed by atoms with van der Waals surface area (Å²) in [5, 5.41) is 3.57. The third-order valence-electron chi connectivity index (χ3n) is 3.34. The number of hydrogen-bond acceptors (Lipinski definition) is 2. The lowest BCUT2D eigenvalue weighted by Gasteiger charge is -2.24. The van der Waals surface area contributed by atoms with E-state index in [2.05, 4.69) is 5.32 Å². The van der Waals surface area contributed by atoms with Crippen LogP contribution in [0.2, 0.25) is 5.02 Å². The molecule has 0 fully saturated rings. The maximum Gasteiger partial charge on any atom is 0.231 e. The lowest BCUT2D eigenvalue weighted by atomic mass is 9.96. The second-order valence-corrected chi connectivity index (χ2v) is 5.26. The Morgan fingerprint density at radius 2 is 2.00 bits per heavy atom. The van der Waals surface area contributed by atoms with Gasteiger partial charge in [0, 0.05) is 10.7 Å². The van der Waals surface area contributed by atoms with Crippen molar-refractivity contribution >= 4 is 23.2 Å². The summed E-state index contributed by atoms with van der Waals surface area (Å²) in [5.41, 5.74) is 1.78. The number of ether oxygens (including phenoxy) is 1. The third kappa shape index (κ3) is 2.78. The highest BCUT2D eigenvalue weighted by Gasteiger charge is 2.26. The maximum absolute atomic E-state index is 12.2. The first-order chi connectivity index (χ1) is 9.72. The Morgan fingerprint density at radius 3 is 2.80 bits per heavy atom. The molecule has 102 valence electrons. The first-order valence-electron chi connectivity index (χ1n) is 6.49. The Bertz CT molecular complexity index is 628. The molecule has 4 heteroatoms. The van der Waals surface area contributed by atoms with Crippen LogP contribution < -0.4 is 10.1 Å². The van der Waals surface area contributed by atoms with Gasteiger partial charge < -0.3 is 10.1 Å². The number of carbonyl (C=O) groups is 1. The van der Waals surface area contributed by atoms with Crippen molar-refractivity contribution in [3.63, 3.8) is 0 Å². The predicted octanol–water partition coefficient (Wildman–Crippen LogP) is 3.53. The summed E-state index contributed by atoms with van der Waals surface area (Å²) >= 11 is 5.98. The van der Waals surface area contributed by atoms with Gasteiger partial charge in [-0.25, -0.2) is 0 Å². The number of amides is 1. The molecule has 0 radical (unpaired) electrons. The molecule has 3 nitrogen and oxygen atoms in total. The number of anilines is 1. The van der Waals surface area contributed by atoms with E-state index in [1.54, 1.807) is 6.07 Å². The average Bonchev–Trinajstić information content (AvgIpc) is 2.47. The number of nitrogens with one attached hydrogen (secondary N) is 1. The zero-order valence-corrected chi connectivity index (χ0v) is 11.6. The molecule has 0 aliphatic carbocycles. The molecule has 1 atom stereocenters. The molecular formula is C16H14ClNO2. The van der Waals surface area contributed by atoms with Crippen LogP contribution in [0.1, 0.15) is 5.56 Å². The number of benzene rings is 2. The van der Waals surface area contributed by atoms with Crippen molar-refractivity contribution in [2.24, 2.45) is 5.92 Å². The molecule has 1 N–H and O–H groups in total. The molecule has 0 aromatic heterocycles. The molecule has 2 aromatic rings. The molecule has 0 spiro atoms. The lowest BCUT2D eigenvalue weighted by molar-refractivity contribution is -0.121. The molecule has 1 aliphatic heterocycles. The summed E-state index contributed by atoms with van der Waals surface area (Å²) in [6.07, 6.45) is 0.647. The zero-order chi connectivity index (χ0) is 13.9. The summed E-state index contributed by atoms with van der Waals surface area (Å²) in [6.45, 7) is 0.396. The van der Waals surface area contributed by atoms with Gasteiger partial charge >= 0.3 is 0 Å². The van der Waals surface area contributed by atoms with E-state index >= 15 is 0 Å². The fourth-order valence-electron chi connectivity index (χ4n) is 2.30. The molecule has 2 aromatic carbocycles. The number of hydrogen-bond donors (Lipinski definition) is 1. The largest absolute Gasteiger partial charge is 0.492 e. The highest BCUT2D eigenvalue weighted by atomic mass is 35.5. The number of fused-ring (bicyclic) bond motifs is 1. The van der Waals surface area contributed by atoms with Crippen LogP contribution in [0.25, 0.3) is 0 Å². The normalized spacial score (nSPS) is 16.9. The third-order valence-corrected chi connectivity index (χ3v) is 3.58. The Balaban J connectivity index is 1.72. The molecular weight excluding hydrogens is 274 g/mol. The van der Waals surface area contributed by atoms with Gasteiger partial charge in [0.2, 0.25) is 5.91 Å². The Morgan fingerprint density at radius 1 is 1.20 bits per heavy atom. The number of para-hydroxylation sites is 1. The van der Waals surface area contributed by atoms with Crippen molar-refractivity contribution in [3.8, 4) is 5.75 Å². The highest BCUT2D eigenvalue weighted by molar-refractivity contribution is 6.30. The minimum Gasteiger partial charge on any atom is -0.492 e. The lowest BCUT2D eigenvalue weighted by Crippen LogP contribution is -2.32. The fraction of sp³-hybridized carbons (Fsp3) is 0.188. The molecule has 3 rings (SSSR count). The van der Waals surface area contributed by atoms with Crippen LogP contribution in [-0.2, 0) is 11.2 Å². The van der Waals surface area contributed by atoms with Gasteiger partial charge in [-0.1, -0.05) is 29.8 Å². The van der Waals surface area contributed by atoms with Crippen molar-refractivity contribution in [2.45, 2.75) is 6.42 Å². The standard InChI is InChI=1S/C16H14ClNO2/c17-13-6-7-15-11(9-13)8-12(10-20-15)16(19)18-14-4-2-1-3-5-14/h1-7,9,12H,8,10H2,(H,18,19). The first kappa shape index (κ1) is 13.0. The summed E-state index contributed by atoms with van der Waals surface area (Å²) < 4.78 is 5.63. The topological polar surface area (TPSA) is 38.3 Å². The zero-order valence-electron chi connectivity index (χ0n) is 10.8. The predicted molar refractivity (Wildman–Crippen MR) is 79.2 cm³/mol. The van der Waals surface area contributed by atoms with E-state index in [1.165, 1.54) is 0 Å². The average molecular weight is 288 g/mol. The highest BCUT2D eigenvalue weighted by Crippen LogP contribution is 2.30. The number of carbonyl (C=O) groups excluding carboxylic acids is 1. The smallest absolute Gasteiger partial charge is 0.231 e. The van der Waals surface area contributed by atoms with Crippen molar-refractivity contribution < 1.29 is 9.53 Å². The molecule has 1 aliphatic rings. The van der Waals surface area contributed by atoms with Gasteiger partial charge in [0.1, 0.15) is 12.4 Å². The second kappa shape index (κ2) is 5.55. The quantitative estimate of drug-likeness (QED) is 0.917. The Labute approximate surface area is 122 Å². The Hall–Kier alpha value is -2.00. The van der Waals surface area contributed by atoms with E-state index in [4.69, 9.17) is 16.3 Å². The summed E-state index contributed by atoms with van der Waals surface area (Å²) in [4.78, 5) is 12.2. The molecule has 1 amide bonds. The van der Waals surface area contributed by atoms with Crippen LogP contribution in [0.3, 0.4) is 0 Å². The monoisotopic (exact) mass is 287 g/mol. The second-order valence-electron chi connectivity index (χ2n) is 4.82. The van der Waals surface area contributed by atoms with E-state index < -0.39 is 0 Å². The minimum absolute atomic E-state index is 0.0261. The van der Waals surface area contributed by atoms with Crippen LogP contribution in [0, 0.1) is 5.92 Å². The maximum atomic E-state index is 12.2. The van der Waals surface area contributed by atoms with Gasteiger partial charge in [0.05, 0.1) is 5.92 Å². The number of rotatable bonds is 2. The van der Waals surface area contributed by atoms with Gasteiger partial charge in [0.25, 0.3) is 0 Å². The van der Waals surface area contributed by atoms with Crippen LogP contribution in [0.5, 0.6) is 5.75 Å². The first-order valence-corrected chi connectivity index (χ1v) is 6.87. The number of halogens is 1. The molecule has 1 heterocycles.